The van der Waals surface area contributed by atoms with Crippen LogP contribution in [-0.4, -0.2) is 55.2 Å². The topological polar surface area (TPSA) is 109 Å². The molecule has 114 valence electrons. The maximum atomic E-state index is 12.8. The summed E-state index contributed by atoms with van der Waals surface area (Å²) in [5.41, 5.74) is 6.93. The minimum atomic E-state index is -3.70. The number of benzene rings is 1. The largest absolute Gasteiger partial charge is 0.399 e. The van der Waals surface area contributed by atoms with Gasteiger partial charge in [0.15, 0.2) is 0 Å². The number of nitrogens with one attached hydrogen (secondary N) is 1. The first-order valence-electron chi connectivity index (χ1n) is 6.61. The monoisotopic (exact) mass is 311 g/mol. The van der Waals surface area contributed by atoms with Crippen molar-refractivity contribution in [2.75, 3.05) is 32.1 Å². The van der Waals surface area contributed by atoms with Crippen LogP contribution >= 0.6 is 0 Å². The molecule has 2 heterocycles. The van der Waals surface area contributed by atoms with Crippen LogP contribution in [0.2, 0.25) is 0 Å². The Labute approximate surface area is 122 Å². The summed E-state index contributed by atoms with van der Waals surface area (Å²) in [7, 11) is -3.70. The van der Waals surface area contributed by atoms with Crippen LogP contribution in [0, 0.1) is 0 Å². The van der Waals surface area contributed by atoms with Gasteiger partial charge in [-0.15, -0.1) is 0 Å². The number of fused-ring (bicyclic) bond motifs is 1. The summed E-state index contributed by atoms with van der Waals surface area (Å²) >= 11 is 0. The van der Waals surface area contributed by atoms with Crippen LogP contribution in [0.3, 0.4) is 0 Å². The van der Waals surface area contributed by atoms with Crippen molar-refractivity contribution in [3.63, 3.8) is 0 Å². The quantitative estimate of drug-likeness (QED) is 0.698. The van der Waals surface area contributed by atoms with E-state index in [9.17, 15) is 13.5 Å². The molecule has 3 rings (SSSR count). The molecule has 0 amide bonds. The van der Waals surface area contributed by atoms with Gasteiger partial charge in [0.05, 0.1) is 25.9 Å². The van der Waals surface area contributed by atoms with E-state index in [1.54, 1.807) is 18.2 Å². The fourth-order valence-corrected chi connectivity index (χ4v) is 4.31. The van der Waals surface area contributed by atoms with Crippen molar-refractivity contribution in [2.24, 2.45) is 0 Å². The highest BCUT2D eigenvalue weighted by atomic mass is 32.2. The fraction of sp³-hybridized carbons (Fsp3) is 0.385. The van der Waals surface area contributed by atoms with Crippen LogP contribution in [0.4, 0.5) is 5.69 Å². The zero-order valence-electron chi connectivity index (χ0n) is 11.3. The summed E-state index contributed by atoms with van der Waals surface area (Å²) in [6, 6.07) is 4.49. The molecule has 0 aliphatic carbocycles. The van der Waals surface area contributed by atoms with Gasteiger partial charge in [-0.25, -0.2) is 8.42 Å². The van der Waals surface area contributed by atoms with Crippen LogP contribution in [0.5, 0.6) is 0 Å². The average Bonchev–Trinajstić information content (AvgIpc) is 2.90. The maximum absolute atomic E-state index is 12.8. The summed E-state index contributed by atoms with van der Waals surface area (Å²) in [6.07, 6.45) is 1.46. The lowest BCUT2D eigenvalue weighted by Crippen LogP contribution is -2.50. The summed E-state index contributed by atoms with van der Waals surface area (Å²) < 4.78 is 32.2. The standard InChI is InChI=1S/C13H17N3O4S/c14-9-1-2-11-12(5-9)15-6-13(11)21(18,19)16-3-4-20-8-10(16)7-17/h1-2,5-6,10,15,17H,3-4,7-8,14H2. The Kier molecular flexibility index (Phi) is 3.62. The number of morpholine rings is 1. The number of H-pyrrole nitrogens is 1. The molecule has 1 saturated heterocycles. The Morgan fingerprint density at radius 2 is 2.29 bits per heavy atom. The molecule has 0 saturated carbocycles. The molecule has 8 heteroatoms. The first-order chi connectivity index (χ1) is 10.0. The molecule has 4 N–H and O–H groups in total. The van der Waals surface area contributed by atoms with Gasteiger partial charge in [-0.2, -0.15) is 4.31 Å². The lowest BCUT2D eigenvalue weighted by molar-refractivity contribution is 0.0109. The number of aromatic amines is 1. The van der Waals surface area contributed by atoms with Gasteiger partial charge < -0.3 is 20.6 Å². The molecule has 1 atom stereocenters. The van der Waals surface area contributed by atoms with Crippen molar-refractivity contribution in [3.05, 3.63) is 24.4 Å². The SMILES string of the molecule is Nc1ccc2c(S(=O)(=O)N3CCOCC3CO)c[nH]c2c1. The van der Waals surface area contributed by atoms with Gasteiger partial charge in [-0.3, -0.25) is 0 Å². The Morgan fingerprint density at radius 3 is 3.05 bits per heavy atom. The Bertz CT molecular complexity index is 756. The number of nitrogens with zero attached hydrogens (tertiary/aromatic N) is 1. The molecular weight excluding hydrogens is 294 g/mol. The molecule has 1 aliphatic rings. The lowest BCUT2D eigenvalue weighted by atomic mass is 10.2. The van der Waals surface area contributed by atoms with Crippen LogP contribution in [0.25, 0.3) is 10.9 Å². The van der Waals surface area contributed by atoms with Gasteiger partial charge in [0.25, 0.3) is 0 Å². The summed E-state index contributed by atoms with van der Waals surface area (Å²) in [4.78, 5) is 3.12. The van der Waals surface area contributed by atoms with Crippen LogP contribution < -0.4 is 5.73 Å². The van der Waals surface area contributed by atoms with Gasteiger partial charge in [0.2, 0.25) is 10.0 Å². The van der Waals surface area contributed by atoms with E-state index in [4.69, 9.17) is 10.5 Å². The Hall–Kier alpha value is -1.61. The van der Waals surface area contributed by atoms with E-state index in [2.05, 4.69) is 4.98 Å². The van der Waals surface area contributed by atoms with Gasteiger partial charge in [0.1, 0.15) is 4.90 Å². The Balaban J connectivity index is 2.07. The minimum absolute atomic E-state index is 0.192. The van der Waals surface area contributed by atoms with E-state index in [0.717, 1.165) is 0 Å². The number of sulfonamides is 1. The number of hydrogen-bond acceptors (Lipinski definition) is 5. The van der Waals surface area contributed by atoms with E-state index in [1.807, 2.05) is 0 Å². The summed E-state index contributed by atoms with van der Waals surface area (Å²) in [5.74, 6) is 0. The van der Waals surface area contributed by atoms with Crippen LogP contribution in [-0.2, 0) is 14.8 Å². The number of nitrogen functional groups attached to an aromatic ring is 1. The zero-order valence-corrected chi connectivity index (χ0v) is 12.1. The lowest BCUT2D eigenvalue weighted by Gasteiger charge is -2.33. The minimum Gasteiger partial charge on any atom is -0.399 e. The number of ether oxygens (including phenoxy) is 1. The number of hydrogen-bond donors (Lipinski definition) is 3. The Morgan fingerprint density at radius 1 is 1.48 bits per heavy atom. The van der Waals surface area contributed by atoms with Crippen molar-refractivity contribution in [1.29, 1.82) is 0 Å². The second-order valence-corrected chi connectivity index (χ2v) is 6.84. The van der Waals surface area contributed by atoms with Gasteiger partial charge in [-0.05, 0) is 18.2 Å². The van der Waals surface area contributed by atoms with E-state index in [0.29, 0.717) is 23.2 Å². The number of aromatic nitrogens is 1. The van der Waals surface area contributed by atoms with Crippen LogP contribution in [0.1, 0.15) is 0 Å². The van der Waals surface area contributed by atoms with Crippen LogP contribution in [0.15, 0.2) is 29.3 Å². The molecule has 0 bridgehead atoms. The van der Waals surface area contributed by atoms with Crippen molar-refractivity contribution in [2.45, 2.75) is 10.9 Å². The molecule has 0 spiro atoms. The van der Waals surface area contributed by atoms with Gasteiger partial charge >= 0.3 is 0 Å². The third-order valence-corrected chi connectivity index (χ3v) is 5.63. The molecule has 1 aromatic carbocycles. The second kappa shape index (κ2) is 5.30. The van der Waals surface area contributed by atoms with Gasteiger partial charge in [0, 0.05) is 29.3 Å². The van der Waals surface area contributed by atoms with E-state index >= 15 is 0 Å². The summed E-state index contributed by atoms with van der Waals surface area (Å²) in [5, 5.41) is 9.95. The second-order valence-electron chi connectivity index (χ2n) is 4.99. The molecule has 0 radical (unpaired) electrons. The third-order valence-electron chi connectivity index (χ3n) is 3.64. The molecule has 1 unspecified atom stereocenters. The fourth-order valence-electron chi connectivity index (χ4n) is 2.56. The smallest absolute Gasteiger partial charge is 0.245 e. The first-order valence-corrected chi connectivity index (χ1v) is 8.05. The highest BCUT2D eigenvalue weighted by Gasteiger charge is 2.35. The van der Waals surface area contributed by atoms with E-state index < -0.39 is 16.1 Å². The maximum Gasteiger partial charge on any atom is 0.245 e. The molecule has 2 aromatic rings. The molecular formula is C13H17N3O4S. The third kappa shape index (κ3) is 2.40. The highest BCUT2D eigenvalue weighted by Crippen LogP contribution is 2.28. The predicted octanol–water partition coefficient (Wildman–Crippen LogP) is 0.132. The van der Waals surface area contributed by atoms with E-state index in [1.165, 1.54) is 10.5 Å². The molecule has 1 aromatic heterocycles. The normalized spacial score (nSPS) is 20.9. The zero-order chi connectivity index (χ0) is 15.0. The number of aliphatic hydroxyl groups is 1. The molecule has 21 heavy (non-hydrogen) atoms. The molecule has 1 fully saturated rings. The van der Waals surface area contributed by atoms with Crippen molar-refractivity contribution < 1.29 is 18.3 Å². The summed E-state index contributed by atoms with van der Waals surface area (Å²) in [6.45, 7) is 0.486. The molecule has 1 aliphatic heterocycles. The number of anilines is 1. The number of nitrogens with two attached hydrogens (primary N) is 1. The van der Waals surface area contributed by atoms with Crippen molar-refractivity contribution in [3.8, 4) is 0 Å². The van der Waals surface area contributed by atoms with Crippen molar-refractivity contribution >= 4 is 26.6 Å². The average molecular weight is 311 g/mol. The first kappa shape index (κ1) is 14.3. The number of rotatable bonds is 3. The molecule has 7 nitrogen and oxygen atoms in total. The number of aliphatic hydroxyl groups excluding tert-OH is 1. The highest BCUT2D eigenvalue weighted by molar-refractivity contribution is 7.89. The van der Waals surface area contributed by atoms with E-state index in [-0.39, 0.29) is 24.7 Å². The van der Waals surface area contributed by atoms with Gasteiger partial charge in [-0.1, -0.05) is 0 Å². The predicted molar refractivity (Wildman–Crippen MR) is 78.3 cm³/mol. The van der Waals surface area contributed by atoms with Crippen molar-refractivity contribution in [1.82, 2.24) is 9.29 Å².